The Labute approximate surface area is 492 Å². The predicted molar refractivity (Wildman–Crippen MR) is 340 cm³/mol. The van der Waals surface area contributed by atoms with Crippen LogP contribution in [-0.4, -0.2) is 50.5 Å². The molecule has 5 fully saturated rings. The van der Waals surface area contributed by atoms with Gasteiger partial charge in [-0.25, -0.2) is 4.79 Å². The first-order chi connectivity index (χ1) is 34.2. The fourth-order valence-corrected chi connectivity index (χ4v) is 15.0. The molecule has 421 valence electrons. The predicted octanol–water partition coefficient (Wildman–Crippen LogP) is 15.6. The number of aliphatic hydroxyl groups is 1. The minimum atomic E-state index is -2.61. The molecule has 5 aliphatic carbocycles. The molecule has 2 aromatic carbocycles. The molecule has 11 heteroatoms. The molecule has 0 saturated heterocycles. The van der Waals surface area contributed by atoms with E-state index in [0.29, 0.717) is 61.4 Å². The summed E-state index contributed by atoms with van der Waals surface area (Å²) in [6.07, 6.45) is 26.4. The van der Waals surface area contributed by atoms with Crippen molar-refractivity contribution < 1.29 is 38.7 Å². The van der Waals surface area contributed by atoms with E-state index in [4.69, 9.17) is 21.4 Å². The van der Waals surface area contributed by atoms with Crippen LogP contribution in [0.2, 0.25) is 0 Å². The van der Waals surface area contributed by atoms with Crippen molar-refractivity contribution in [3.8, 4) is 0 Å². The number of benzene rings is 2. The molecule has 0 aromatic heterocycles. The largest absolute Gasteiger partial charge is 0 e. The van der Waals surface area contributed by atoms with Crippen LogP contribution >= 0.6 is 56.0 Å². The van der Waals surface area contributed by atoms with Crippen LogP contribution in [0.1, 0.15) is 181 Å². The van der Waals surface area contributed by atoms with E-state index in [-0.39, 0.29) is 29.8 Å². The van der Waals surface area contributed by atoms with Crippen molar-refractivity contribution in [3.05, 3.63) is 107 Å². The second-order valence-corrected chi connectivity index (χ2v) is 42.4. The van der Waals surface area contributed by atoms with E-state index in [9.17, 15) is 14.2 Å². The topological polar surface area (TPSA) is 80.7 Å². The Morgan fingerprint density at radius 3 is 1.19 bits per heavy atom. The molecule has 5 aliphatic rings. The van der Waals surface area contributed by atoms with Crippen molar-refractivity contribution in [2.45, 2.75) is 180 Å². The molecule has 0 bridgehead atoms. The summed E-state index contributed by atoms with van der Waals surface area (Å²) in [5, 5.41) is 10.6. The van der Waals surface area contributed by atoms with E-state index in [2.05, 4.69) is 119 Å². The number of alkyl halides is 1. The second kappa shape index (κ2) is 41.3. The maximum absolute atomic E-state index is 14.0. The summed E-state index contributed by atoms with van der Waals surface area (Å²) >= 11 is 11.0. The quantitative estimate of drug-likeness (QED) is 0.0542. The molecule has 0 spiro atoms. The van der Waals surface area contributed by atoms with Gasteiger partial charge in [-0.2, -0.15) is 0 Å². The minimum Gasteiger partial charge on any atom is 0 e. The third-order valence-electron chi connectivity index (χ3n) is 14.4. The molecule has 74 heavy (non-hydrogen) atoms. The first-order valence-electron chi connectivity index (χ1n) is 27.4. The summed E-state index contributed by atoms with van der Waals surface area (Å²) < 4.78 is 18.9. The molecule has 2 aromatic rings. The number of aliphatic hydroxyl groups excluding tert-OH is 1. The Bertz CT molecular complexity index is 1880. The van der Waals surface area contributed by atoms with Gasteiger partial charge in [-0.05, 0) is 150 Å². The van der Waals surface area contributed by atoms with E-state index in [0.717, 1.165) is 84.6 Å². The average Bonchev–Trinajstić information content (AvgIpc) is 3.29. The van der Waals surface area contributed by atoms with Gasteiger partial charge < -0.3 is 14.4 Å². The maximum Gasteiger partial charge on any atom is 0 e. The summed E-state index contributed by atoms with van der Waals surface area (Å²) in [7, 11) is -2.61. The van der Waals surface area contributed by atoms with Crippen molar-refractivity contribution in [2.24, 2.45) is 59.2 Å². The number of esters is 1. The fraction of sp³-hybridized carbons (Fsp3) is 0.651. The molecule has 7 rings (SSSR count). The molecule has 0 unspecified atom stereocenters. The number of hydrogen-bond acceptors (Lipinski definition) is 5. The van der Waals surface area contributed by atoms with E-state index >= 15 is 0 Å². The number of carbonyl (C=O) groups is 2. The van der Waals surface area contributed by atoms with Crippen LogP contribution in [0.5, 0.6) is 0 Å². The number of Topliss-reactive ketones (excluding diaryl/α,β-unsaturated/α-hetero) is 1. The normalized spacial score (nSPS) is 26.4. The zero-order valence-corrected chi connectivity index (χ0v) is 55.0. The van der Waals surface area contributed by atoms with Gasteiger partial charge in [0.1, 0.15) is 12.9 Å². The summed E-state index contributed by atoms with van der Waals surface area (Å²) in [6, 6.07) is 20.0. The van der Waals surface area contributed by atoms with E-state index < -0.39 is 7.14 Å². The number of rotatable bonds is 8. The number of hydrogen-bond donors (Lipinski definition) is 1. The minimum absolute atomic E-state index is 0. The molecule has 1 N–H and O–H groups in total. The van der Waals surface area contributed by atoms with Crippen LogP contribution in [-0.2, 0) is 18.9 Å². The SMILES string of the molecule is C.CCOC(=O)C=C1C[C@@H](C)C[C@H](C)C1.C[C@@H]1CC(=CCCl)C[C@@H](C)C1.C[C@@H]1CC(=CCO)C[C@@H](C)C1.C[C@@H]1CC(=CCP(=O)(c2ccccc2)c2ccccc2)C[C@@H](C)C1.C[C@@H]1CC(=O)C[C@@H](C)C1.I[I-]I.[2HH].[B]. The molecule has 5 nitrogen and oxygen atoms in total. The molecular weight excluding hydrogens is 1290 g/mol. The molecule has 0 heterocycles. The van der Waals surface area contributed by atoms with E-state index in [1.165, 1.54) is 74.5 Å². The molecule has 10 atom stereocenters. The molecule has 0 amide bonds. The van der Waals surface area contributed by atoms with Crippen LogP contribution in [0.25, 0.3) is 0 Å². The van der Waals surface area contributed by atoms with Crippen molar-refractivity contribution in [2.75, 3.05) is 25.3 Å². The number of carbonyl (C=O) groups excluding carboxylic acids is 2. The summed E-state index contributed by atoms with van der Waals surface area (Å²) in [6.45, 7) is 25.2. The smallest absolute Gasteiger partial charge is 0 e. The summed E-state index contributed by atoms with van der Waals surface area (Å²) in [4.78, 5) is 22.1. The number of ether oxygens (including phenoxy) is 1. The van der Waals surface area contributed by atoms with Crippen molar-refractivity contribution >= 4 is 86.7 Å². The van der Waals surface area contributed by atoms with E-state index in [1.54, 1.807) is 11.6 Å². The van der Waals surface area contributed by atoms with Crippen molar-refractivity contribution in [1.29, 1.82) is 0 Å². The zero-order chi connectivity index (χ0) is 53.6. The van der Waals surface area contributed by atoms with Gasteiger partial charge in [-0.15, -0.1) is 11.6 Å². The monoisotopic (exact) mass is 1400 g/mol. The average molecular weight is 1400 g/mol. The van der Waals surface area contributed by atoms with Crippen LogP contribution in [0.15, 0.2) is 107 Å². The Kier molecular flexibility index (Phi) is 40.9. The zero-order valence-electron chi connectivity index (χ0n) is 46.9. The number of allylic oxidation sites excluding steroid dienone is 6. The standard InChI is InChI=1S/C22H27OP.C12H20O2.C10H17Cl.C10H18O.C8H14O.CH4.B.I3.H2/c1-18-15-19(2)17-20(16-18)13-14-24(23,21-9-5-3-6-10-21)22-11-7-4-8-12-22;1-4-14-12(13)8-11-6-9(2)5-10(3)7-11;2*1-8-5-9(2)7-10(6-8)3-4-11;1-6-3-7(2)5-8(9)4-6;;;1-3-2;/h3-13,18-19H,14-17H2,1-2H3;8-10H,4-7H2,1-3H3;3,8-9H,4-7H2,1-2H3;3,8-9,11H,4-7H2,1-2H3;6-7H,3-5H2,1-2H3;1H4;;;1H/q;;;;;;;-1;/t18-,19-;9-,10-;2*8-,9-;6-,7-;;;;/m00000..../s1/i;;;;;;;;1+1. The van der Waals surface area contributed by atoms with Gasteiger partial charge in [0.25, 0.3) is 0 Å². The van der Waals surface area contributed by atoms with Gasteiger partial charge in [-0.3, -0.25) is 4.79 Å². The van der Waals surface area contributed by atoms with Gasteiger partial charge in [-0.1, -0.05) is 178 Å². The van der Waals surface area contributed by atoms with Gasteiger partial charge in [0, 0.05) is 51.4 Å². The fourth-order valence-electron chi connectivity index (χ4n) is 12.2. The van der Waals surface area contributed by atoms with Gasteiger partial charge >= 0.3 is 56.5 Å². The Morgan fingerprint density at radius 1 is 0.595 bits per heavy atom. The van der Waals surface area contributed by atoms with Crippen molar-refractivity contribution in [1.82, 2.24) is 0 Å². The Hall–Kier alpha value is -0.725. The number of halogens is 4. The van der Waals surface area contributed by atoms with Crippen molar-refractivity contribution in [3.63, 3.8) is 0 Å². The van der Waals surface area contributed by atoms with Crippen LogP contribution in [0, 0.1) is 59.2 Å². The van der Waals surface area contributed by atoms with Crippen LogP contribution < -0.4 is 23.9 Å². The van der Waals surface area contributed by atoms with Crippen LogP contribution in [0.3, 0.4) is 0 Å². The first-order valence-corrected chi connectivity index (χ1v) is 42.4. The molecule has 3 radical (unpaired) electrons. The van der Waals surface area contributed by atoms with Gasteiger partial charge in [0.05, 0.1) is 13.2 Å². The second-order valence-electron chi connectivity index (χ2n) is 22.9. The molecule has 0 aliphatic heterocycles. The molecule has 5 saturated carbocycles. The van der Waals surface area contributed by atoms with Gasteiger partial charge in [0.15, 0.2) is 0 Å². The third-order valence-corrected chi connectivity index (χ3v) is 17.5. The van der Waals surface area contributed by atoms with Crippen LogP contribution in [0.4, 0.5) is 0 Å². The number of ketones is 1. The summed E-state index contributed by atoms with van der Waals surface area (Å²) in [5.74, 6) is 8.52. The summed E-state index contributed by atoms with van der Waals surface area (Å²) in [5.41, 5.74) is 5.79. The third kappa shape index (κ3) is 31.2. The first kappa shape index (κ1) is 73.3. The Morgan fingerprint density at radius 2 is 0.892 bits per heavy atom. The van der Waals surface area contributed by atoms with E-state index in [1.807, 2.05) is 73.7 Å². The Balaban J connectivity index is 0. The van der Waals surface area contributed by atoms with Gasteiger partial charge in [0.2, 0.25) is 0 Å². The maximum atomic E-state index is 14.0. The molecular formula is C63H102BClI3O5P-.